The van der Waals surface area contributed by atoms with Gasteiger partial charge in [0.25, 0.3) is 5.69 Å². The number of carbonyl (C=O) groups is 1. The number of furan rings is 1. The summed E-state index contributed by atoms with van der Waals surface area (Å²) in [4.78, 5) is 23.9. The van der Waals surface area contributed by atoms with Crippen molar-refractivity contribution < 1.29 is 14.1 Å². The first-order valence-electron chi connectivity index (χ1n) is 8.35. The van der Waals surface area contributed by atoms with E-state index in [1.165, 1.54) is 29.1 Å². The average Bonchev–Trinajstić information content (AvgIpc) is 3.38. The Morgan fingerprint density at radius 1 is 1.07 bits per heavy atom. The second kappa shape index (κ2) is 7.60. The summed E-state index contributed by atoms with van der Waals surface area (Å²) in [6.45, 7) is 0. The van der Waals surface area contributed by atoms with Crippen LogP contribution < -0.4 is 5.84 Å². The predicted molar refractivity (Wildman–Crippen MR) is 105 cm³/mol. The van der Waals surface area contributed by atoms with Gasteiger partial charge >= 0.3 is 0 Å². The molecule has 0 amide bonds. The van der Waals surface area contributed by atoms with Gasteiger partial charge in [0.05, 0.1) is 16.1 Å². The molecule has 0 aliphatic heterocycles. The van der Waals surface area contributed by atoms with Crippen molar-refractivity contribution in [3.63, 3.8) is 0 Å². The van der Waals surface area contributed by atoms with Gasteiger partial charge in [-0.25, -0.2) is 4.68 Å². The van der Waals surface area contributed by atoms with Gasteiger partial charge in [-0.2, -0.15) is 0 Å². The molecule has 2 heterocycles. The van der Waals surface area contributed by atoms with Crippen LogP contribution in [0.1, 0.15) is 15.9 Å². The minimum absolute atomic E-state index is 0.220. The van der Waals surface area contributed by atoms with Crippen molar-refractivity contribution in [3.05, 3.63) is 88.2 Å². The van der Waals surface area contributed by atoms with E-state index in [0.29, 0.717) is 11.3 Å². The summed E-state index contributed by atoms with van der Waals surface area (Å²) in [5.74, 6) is 6.42. The van der Waals surface area contributed by atoms with Crippen molar-refractivity contribution in [2.75, 3.05) is 5.84 Å². The lowest BCUT2D eigenvalue weighted by atomic mass is 10.0. The highest BCUT2D eigenvalue weighted by Crippen LogP contribution is 2.35. The molecule has 0 unspecified atom stereocenters. The van der Waals surface area contributed by atoms with Crippen LogP contribution in [0.3, 0.4) is 0 Å². The van der Waals surface area contributed by atoms with Gasteiger partial charge in [0.1, 0.15) is 0 Å². The van der Waals surface area contributed by atoms with E-state index in [1.54, 1.807) is 42.5 Å². The fourth-order valence-electron chi connectivity index (χ4n) is 2.66. The number of carbonyl (C=O) groups excluding carboxylic acids is 1. The smallest absolute Gasteiger partial charge is 0.284 e. The standard InChI is InChI=1S/C19H13N5O4S/c20-23-18(15-7-4-10-28-15)21-22-19(23)29-16-9-8-13(11-14(16)24(26)27)17(25)12-5-2-1-3-6-12/h1-11H,20H2. The summed E-state index contributed by atoms with van der Waals surface area (Å²) in [7, 11) is 0. The molecule has 0 atom stereocenters. The number of nitro benzene ring substituents is 1. The number of nitrogens with zero attached hydrogens (tertiary/aromatic N) is 4. The van der Waals surface area contributed by atoms with E-state index in [-0.39, 0.29) is 32.9 Å². The molecule has 4 rings (SSSR count). The summed E-state index contributed by atoms with van der Waals surface area (Å²) in [6, 6.07) is 16.2. The zero-order chi connectivity index (χ0) is 20.4. The maximum atomic E-state index is 12.6. The van der Waals surface area contributed by atoms with E-state index in [9.17, 15) is 14.9 Å². The molecule has 0 saturated heterocycles. The Labute approximate surface area is 168 Å². The molecule has 29 heavy (non-hydrogen) atoms. The molecule has 2 aromatic heterocycles. The average molecular weight is 407 g/mol. The molecule has 0 aliphatic carbocycles. The van der Waals surface area contributed by atoms with Gasteiger partial charge in [-0.3, -0.25) is 14.9 Å². The fraction of sp³-hybridized carbons (Fsp3) is 0. The number of aromatic nitrogens is 3. The summed E-state index contributed by atoms with van der Waals surface area (Å²) in [5.41, 5.74) is 0.448. The van der Waals surface area contributed by atoms with E-state index in [4.69, 9.17) is 10.3 Å². The second-order valence-corrected chi connectivity index (χ2v) is 6.90. The zero-order valence-corrected chi connectivity index (χ0v) is 15.6. The summed E-state index contributed by atoms with van der Waals surface area (Å²) < 4.78 is 6.44. The van der Waals surface area contributed by atoms with E-state index in [2.05, 4.69) is 10.2 Å². The van der Waals surface area contributed by atoms with Crippen LogP contribution in [0.5, 0.6) is 0 Å². The fourth-order valence-corrected chi connectivity index (χ4v) is 3.50. The van der Waals surface area contributed by atoms with Crippen molar-refractivity contribution >= 4 is 23.2 Å². The number of nitro groups is 1. The Morgan fingerprint density at radius 2 is 1.86 bits per heavy atom. The van der Waals surface area contributed by atoms with Crippen LogP contribution in [-0.2, 0) is 0 Å². The lowest BCUT2D eigenvalue weighted by molar-refractivity contribution is -0.387. The molecule has 0 radical (unpaired) electrons. The van der Waals surface area contributed by atoms with E-state index >= 15 is 0 Å². The van der Waals surface area contributed by atoms with Crippen molar-refractivity contribution in [1.82, 2.24) is 14.9 Å². The number of ketones is 1. The Morgan fingerprint density at radius 3 is 2.55 bits per heavy atom. The molecule has 0 bridgehead atoms. The van der Waals surface area contributed by atoms with Crippen LogP contribution in [-0.4, -0.2) is 25.6 Å². The van der Waals surface area contributed by atoms with Crippen LogP contribution in [0.25, 0.3) is 11.6 Å². The maximum absolute atomic E-state index is 12.6. The number of benzene rings is 2. The van der Waals surface area contributed by atoms with Gasteiger partial charge in [0, 0.05) is 17.2 Å². The zero-order valence-electron chi connectivity index (χ0n) is 14.8. The Balaban J connectivity index is 1.67. The minimum Gasteiger partial charge on any atom is -0.461 e. The topological polar surface area (TPSA) is 130 Å². The first kappa shape index (κ1) is 18.4. The van der Waals surface area contributed by atoms with Crippen molar-refractivity contribution in [2.24, 2.45) is 0 Å². The normalized spacial score (nSPS) is 10.8. The molecule has 0 saturated carbocycles. The van der Waals surface area contributed by atoms with E-state index in [0.717, 1.165) is 11.8 Å². The molecule has 9 nitrogen and oxygen atoms in total. The molecule has 0 fully saturated rings. The molecule has 2 aromatic carbocycles. The first-order valence-corrected chi connectivity index (χ1v) is 9.16. The van der Waals surface area contributed by atoms with Gasteiger partial charge in [0.15, 0.2) is 11.5 Å². The van der Waals surface area contributed by atoms with Crippen molar-refractivity contribution in [1.29, 1.82) is 0 Å². The highest BCUT2D eigenvalue weighted by Gasteiger charge is 2.22. The number of hydrogen-bond donors (Lipinski definition) is 1. The van der Waals surface area contributed by atoms with Crippen LogP contribution in [0.4, 0.5) is 5.69 Å². The molecule has 0 spiro atoms. The number of rotatable bonds is 6. The highest BCUT2D eigenvalue weighted by atomic mass is 32.2. The Kier molecular flexibility index (Phi) is 4.83. The third kappa shape index (κ3) is 3.60. The molecular weight excluding hydrogens is 394 g/mol. The number of nitrogen functional groups attached to an aromatic ring is 1. The third-order valence-electron chi connectivity index (χ3n) is 4.06. The lowest BCUT2D eigenvalue weighted by Gasteiger charge is -2.06. The summed E-state index contributed by atoms with van der Waals surface area (Å²) >= 11 is 0.973. The number of hydrogen-bond acceptors (Lipinski definition) is 8. The van der Waals surface area contributed by atoms with E-state index < -0.39 is 4.92 Å². The van der Waals surface area contributed by atoms with Gasteiger partial charge in [-0.1, -0.05) is 30.3 Å². The second-order valence-electron chi connectivity index (χ2n) is 5.89. The lowest BCUT2D eigenvalue weighted by Crippen LogP contribution is -2.11. The third-order valence-corrected chi connectivity index (χ3v) is 5.09. The number of nitrogens with two attached hydrogens (primary N) is 1. The van der Waals surface area contributed by atoms with Crippen LogP contribution in [0.2, 0.25) is 0 Å². The van der Waals surface area contributed by atoms with Crippen LogP contribution in [0.15, 0.2) is 81.4 Å². The Hall–Kier alpha value is -3.92. The molecule has 0 aliphatic rings. The molecule has 144 valence electrons. The van der Waals surface area contributed by atoms with E-state index in [1.807, 2.05) is 0 Å². The Bertz CT molecular complexity index is 1190. The van der Waals surface area contributed by atoms with Crippen LogP contribution in [0, 0.1) is 10.1 Å². The van der Waals surface area contributed by atoms with Crippen LogP contribution >= 0.6 is 11.8 Å². The minimum atomic E-state index is -0.547. The first-order chi connectivity index (χ1) is 14.0. The molecular formula is C19H13N5O4S. The largest absolute Gasteiger partial charge is 0.461 e. The van der Waals surface area contributed by atoms with Crippen molar-refractivity contribution in [3.8, 4) is 11.6 Å². The van der Waals surface area contributed by atoms with Gasteiger partial charge in [0.2, 0.25) is 11.0 Å². The summed E-state index contributed by atoms with van der Waals surface area (Å²) in [5, 5.41) is 19.8. The van der Waals surface area contributed by atoms with Gasteiger partial charge in [-0.05, 0) is 36.0 Å². The monoisotopic (exact) mass is 407 g/mol. The SMILES string of the molecule is Nn1c(Sc2ccc(C(=O)c3ccccc3)cc2[N+](=O)[O-])nnc1-c1ccco1. The molecule has 10 heteroatoms. The van der Waals surface area contributed by atoms with Crippen molar-refractivity contribution in [2.45, 2.75) is 10.1 Å². The quantitative estimate of drug-likeness (QED) is 0.222. The predicted octanol–water partition coefficient (Wildman–Crippen LogP) is 3.54. The maximum Gasteiger partial charge on any atom is 0.284 e. The summed E-state index contributed by atoms with van der Waals surface area (Å²) in [6.07, 6.45) is 1.48. The van der Waals surface area contributed by atoms with Gasteiger partial charge in [-0.15, -0.1) is 10.2 Å². The van der Waals surface area contributed by atoms with Gasteiger partial charge < -0.3 is 10.3 Å². The molecule has 4 aromatic rings. The molecule has 2 N–H and O–H groups in total. The highest BCUT2D eigenvalue weighted by molar-refractivity contribution is 7.99.